The number of esters is 2. The number of carbonyl (C=O) groups is 2. The number of carbonyl (C=O) groups excluding carboxylic acids is 2. The van der Waals surface area contributed by atoms with E-state index < -0.39 is 26.5 Å². The Morgan fingerprint density at radius 3 is 0.853 bits per heavy atom. The molecule has 0 heterocycles. The van der Waals surface area contributed by atoms with Gasteiger partial charge >= 0.3 is 11.9 Å². The lowest BCUT2D eigenvalue weighted by molar-refractivity contribution is -0.870. The molecule has 0 rings (SSSR count). The van der Waals surface area contributed by atoms with Crippen LogP contribution in [0.3, 0.4) is 0 Å². The maximum absolute atomic E-state index is 12.8. The minimum absolute atomic E-state index is 0.0249. The molecule has 9 nitrogen and oxygen atoms in total. The molecule has 75 heavy (non-hydrogen) atoms. The molecular weight excluding hydrogens is 954 g/mol. The number of hydrogen-bond donors (Lipinski definition) is 0. The van der Waals surface area contributed by atoms with Crippen LogP contribution < -0.4 is 4.89 Å². The number of quaternary nitrogens is 1. The van der Waals surface area contributed by atoms with Gasteiger partial charge in [-0.2, -0.15) is 0 Å². The van der Waals surface area contributed by atoms with Crippen LogP contribution >= 0.6 is 7.82 Å². The normalized spacial score (nSPS) is 13.1. The summed E-state index contributed by atoms with van der Waals surface area (Å²) in [5.74, 6) is -0.805. The summed E-state index contributed by atoms with van der Waals surface area (Å²) in [6, 6.07) is 0. The average Bonchev–Trinajstić information content (AvgIpc) is 3.37. The molecular formula is C65H130NO8P. The summed E-state index contributed by atoms with van der Waals surface area (Å²) in [6.45, 7) is 4.33. The Labute approximate surface area is 467 Å². The number of phosphoric acid groups is 1. The molecule has 0 aromatic carbocycles. The number of nitrogens with zero attached hydrogens (tertiary/aromatic N) is 1. The van der Waals surface area contributed by atoms with Gasteiger partial charge in [-0.3, -0.25) is 14.2 Å². The second-order valence-corrected chi connectivity index (χ2v) is 25.6. The van der Waals surface area contributed by atoms with E-state index >= 15 is 0 Å². The van der Waals surface area contributed by atoms with Crippen molar-refractivity contribution in [2.24, 2.45) is 0 Å². The van der Waals surface area contributed by atoms with Crippen LogP contribution in [0.2, 0.25) is 0 Å². The maximum atomic E-state index is 12.8. The van der Waals surface area contributed by atoms with E-state index in [1.165, 1.54) is 289 Å². The van der Waals surface area contributed by atoms with Crippen molar-refractivity contribution >= 4 is 19.8 Å². The first kappa shape index (κ1) is 74.0. The van der Waals surface area contributed by atoms with E-state index in [2.05, 4.69) is 13.8 Å². The Kier molecular flexibility index (Phi) is 56.9. The third kappa shape index (κ3) is 62.1. The third-order valence-corrected chi connectivity index (χ3v) is 16.3. The summed E-state index contributed by atoms with van der Waals surface area (Å²) in [5, 5.41) is 0. The van der Waals surface area contributed by atoms with Crippen molar-refractivity contribution in [3.8, 4) is 0 Å². The highest BCUT2D eigenvalue weighted by Crippen LogP contribution is 2.38. The van der Waals surface area contributed by atoms with Crippen LogP contribution in [0, 0.1) is 0 Å². The minimum Gasteiger partial charge on any atom is -0.756 e. The number of rotatable bonds is 63. The lowest BCUT2D eigenvalue weighted by atomic mass is 10.0. The van der Waals surface area contributed by atoms with Gasteiger partial charge in [0.05, 0.1) is 27.7 Å². The van der Waals surface area contributed by atoms with Gasteiger partial charge in [-0.15, -0.1) is 0 Å². The second kappa shape index (κ2) is 57.7. The zero-order chi connectivity index (χ0) is 54.9. The fourth-order valence-electron chi connectivity index (χ4n) is 10.3. The smallest absolute Gasteiger partial charge is 0.306 e. The summed E-state index contributed by atoms with van der Waals surface area (Å²) in [6.07, 6.45) is 67.5. The second-order valence-electron chi connectivity index (χ2n) is 24.2. The van der Waals surface area contributed by atoms with Crippen LogP contribution in [-0.2, 0) is 32.7 Å². The van der Waals surface area contributed by atoms with Gasteiger partial charge in [-0.25, -0.2) is 0 Å². The molecule has 0 aromatic heterocycles. The molecule has 2 unspecified atom stereocenters. The molecule has 0 saturated carbocycles. The number of likely N-dealkylation sites (N-methyl/N-ethyl adjacent to an activating group) is 1. The molecule has 0 saturated heterocycles. The highest BCUT2D eigenvalue weighted by atomic mass is 31.2. The molecule has 10 heteroatoms. The van der Waals surface area contributed by atoms with Crippen molar-refractivity contribution < 1.29 is 42.1 Å². The molecule has 0 aliphatic rings. The van der Waals surface area contributed by atoms with E-state index in [9.17, 15) is 19.0 Å². The molecule has 0 fully saturated rings. The Morgan fingerprint density at radius 1 is 0.360 bits per heavy atom. The molecule has 0 aliphatic carbocycles. The van der Waals surface area contributed by atoms with Crippen LogP contribution in [0.15, 0.2) is 0 Å². The summed E-state index contributed by atoms with van der Waals surface area (Å²) in [7, 11) is 1.19. The Hall–Kier alpha value is -0.990. The zero-order valence-corrected chi connectivity index (χ0v) is 51.9. The monoisotopic (exact) mass is 1080 g/mol. The lowest BCUT2D eigenvalue weighted by Crippen LogP contribution is -2.37. The minimum atomic E-state index is -4.63. The SMILES string of the molecule is CCCCCCCCCCCCCCCCCCCCCCCCCCCCCCCC(=O)OC(COC(=O)CCCCCCCCCCCCCCCCCCCCCCCC)COP(=O)([O-])OCC[N+](C)(C)C. The Balaban J connectivity index is 4.00. The largest absolute Gasteiger partial charge is 0.756 e. The van der Waals surface area contributed by atoms with Crippen molar-refractivity contribution in [2.75, 3.05) is 47.5 Å². The van der Waals surface area contributed by atoms with E-state index in [0.717, 1.165) is 32.1 Å². The van der Waals surface area contributed by atoms with Crippen LogP contribution in [0.4, 0.5) is 0 Å². The molecule has 2 atom stereocenters. The molecule has 0 spiro atoms. The number of phosphoric ester groups is 1. The number of hydrogen-bond acceptors (Lipinski definition) is 8. The molecule has 448 valence electrons. The highest BCUT2D eigenvalue weighted by Gasteiger charge is 2.22. The highest BCUT2D eigenvalue weighted by molar-refractivity contribution is 7.45. The van der Waals surface area contributed by atoms with Crippen molar-refractivity contribution in [3.63, 3.8) is 0 Å². The van der Waals surface area contributed by atoms with Crippen molar-refractivity contribution in [2.45, 2.75) is 360 Å². The van der Waals surface area contributed by atoms with Crippen molar-refractivity contribution in [3.05, 3.63) is 0 Å². The van der Waals surface area contributed by atoms with Gasteiger partial charge in [0, 0.05) is 12.8 Å². The predicted molar refractivity (Wildman–Crippen MR) is 319 cm³/mol. The number of unbranched alkanes of at least 4 members (excludes halogenated alkanes) is 49. The molecule has 0 aromatic rings. The number of ether oxygens (including phenoxy) is 2. The van der Waals surface area contributed by atoms with Gasteiger partial charge in [0.25, 0.3) is 7.82 Å². The van der Waals surface area contributed by atoms with Gasteiger partial charge in [0.1, 0.15) is 19.8 Å². The fraction of sp³-hybridized carbons (Fsp3) is 0.969. The van der Waals surface area contributed by atoms with E-state index in [0.29, 0.717) is 17.4 Å². The predicted octanol–water partition coefficient (Wildman–Crippen LogP) is 20.4. The van der Waals surface area contributed by atoms with Gasteiger partial charge in [0.2, 0.25) is 0 Å². The van der Waals surface area contributed by atoms with Gasteiger partial charge in [-0.1, -0.05) is 328 Å². The van der Waals surface area contributed by atoms with Crippen LogP contribution in [-0.4, -0.2) is 70.0 Å². The Morgan fingerprint density at radius 2 is 0.600 bits per heavy atom. The molecule has 0 aliphatic heterocycles. The molecule has 0 N–H and O–H groups in total. The van der Waals surface area contributed by atoms with E-state index in [1.807, 2.05) is 21.1 Å². The van der Waals surface area contributed by atoms with E-state index in [1.54, 1.807) is 0 Å². The molecule has 0 bridgehead atoms. The summed E-state index contributed by atoms with van der Waals surface area (Å²) >= 11 is 0. The molecule has 0 amide bonds. The zero-order valence-electron chi connectivity index (χ0n) is 51.0. The summed E-state index contributed by atoms with van der Waals surface area (Å²) in [4.78, 5) is 38.0. The summed E-state index contributed by atoms with van der Waals surface area (Å²) in [5.41, 5.74) is 0. The van der Waals surface area contributed by atoms with E-state index in [-0.39, 0.29) is 32.0 Å². The van der Waals surface area contributed by atoms with Crippen LogP contribution in [0.1, 0.15) is 354 Å². The lowest BCUT2D eigenvalue weighted by Gasteiger charge is -2.28. The van der Waals surface area contributed by atoms with E-state index in [4.69, 9.17) is 18.5 Å². The quantitative estimate of drug-likeness (QED) is 0.0256. The topological polar surface area (TPSA) is 111 Å². The van der Waals surface area contributed by atoms with Crippen LogP contribution in [0.5, 0.6) is 0 Å². The van der Waals surface area contributed by atoms with Gasteiger partial charge in [0.15, 0.2) is 6.10 Å². The van der Waals surface area contributed by atoms with Crippen molar-refractivity contribution in [1.82, 2.24) is 0 Å². The Bertz CT molecular complexity index is 1230. The fourth-order valence-corrected chi connectivity index (χ4v) is 11.0. The van der Waals surface area contributed by atoms with Crippen molar-refractivity contribution in [1.29, 1.82) is 0 Å². The molecule has 0 radical (unpaired) electrons. The van der Waals surface area contributed by atoms with Gasteiger partial charge < -0.3 is 27.9 Å². The van der Waals surface area contributed by atoms with Crippen LogP contribution in [0.25, 0.3) is 0 Å². The van der Waals surface area contributed by atoms with Gasteiger partial charge in [-0.05, 0) is 12.8 Å². The maximum Gasteiger partial charge on any atom is 0.306 e. The standard InChI is InChI=1S/C65H130NO8P/c1-6-8-10-12-14-16-18-20-22-24-26-28-30-31-32-33-34-35-36-38-40-42-44-46-48-50-52-54-56-58-65(68)74-63(62-73-75(69,70)72-60-59-66(3,4)5)61-71-64(67)57-55-53-51-49-47-45-43-41-39-37-29-27-25-23-21-19-17-15-13-11-9-7-2/h63H,6-62H2,1-5H3. The third-order valence-electron chi connectivity index (χ3n) is 15.4. The average molecular weight is 1080 g/mol. The first-order valence-corrected chi connectivity index (χ1v) is 34.7. The first-order chi connectivity index (χ1) is 36.5. The first-order valence-electron chi connectivity index (χ1n) is 33.2. The summed E-state index contributed by atoms with van der Waals surface area (Å²) < 4.78 is 34.3.